The molecule has 3 atom stereocenters. The van der Waals surface area contributed by atoms with Crippen LogP contribution in [0.3, 0.4) is 0 Å². The topological polar surface area (TPSA) is 12.5 Å². The number of thiophene rings is 1. The predicted molar refractivity (Wildman–Crippen MR) is 77.5 cm³/mol. The molecule has 2 aliphatic heterocycles. The fraction of sp³-hybridized carbons (Fsp3) is 0.667. The lowest BCUT2D eigenvalue weighted by Gasteiger charge is -2.35. The van der Waals surface area contributed by atoms with Gasteiger partial charge in [0.05, 0.1) is 0 Å². The first-order valence-corrected chi connectivity index (χ1v) is 7.52. The van der Waals surface area contributed by atoms with Gasteiger partial charge in [-0.05, 0) is 48.7 Å². The quantitative estimate of drug-likeness (QED) is 0.810. The van der Waals surface area contributed by atoms with Gasteiger partial charge in [-0.2, -0.15) is 0 Å². The molecule has 0 saturated carbocycles. The SMILES string of the molecule is CN1[C@@H]2CC[C@H]1CC(Oc1cc(Br)cs1)C2.Cl. The van der Waals surface area contributed by atoms with Gasteiger partial charge in [-0.25, -0.2) is 0 Å². The lowest BCUT2D eigenvalue weighted by Crippen LogP contribution is -2.43. The first-order valence-electron chi connectivity index (χ1n) is 5.85. The maximum Gasteiger partial charge on any atom is 0.175 e. The minimum Gasteiger partial charge on any atom is -0.481 e. The molecule has 5 heteroatoms. The molecular formula is C12H17BrClNOS. The van der Waals surface area contributed by atoms with Crippen molar-refractivity contribution in [2.24, 2.45) is 0 Å². The van der Waals surface area contributed by atoms with Gasteiger partial charge in [0.1, 0.15) is 6.10 Å². The van der Waals surface area contributed by atoms with Crippen molar-refractivity contribution in [2.45, 2.75) is 43.9 Å². The van der Waals surface area contributed by atoms with Crippen LogP contribution in [0.1, 0.15) is 25.7 Å². The van der Waals surface area contributed by atoms with Crippen molar-refractivity contribution in [2.75, 3.05) is 7.05 Å². The second kappa shape index (κ2) is 5.47. The Kier molecular flexibility index (Phi) is 4.40. The van der Waals surface area contributed by atoms with Gasteiger partial charge in [-0.15, -0.1) is 23.7 Å². The molecule has 1 unspecified atom stereocenters. The highest BCUT2D eigenvalue weighted by molar-refractivity contribution is 9.10. The molecule has 0 radical (unpaired) electrons. The van der Waals surface area contributed by atoms with Gasteiger partial charge >= 0.3 is 0 Å². The molecule has 2 fully saturated rings. The van der Waals surface area contributed by atoms with Crippen LogP contribution in [0.15, 0.2) is 15.9 Å². The lowest BCUT2D eigenvalue weighted by molar-refractivity contribution is 0.0685. The molecule has 17 heavy (non-hydrogen) atoms. The Hall–Kier alpha value is 0.230. The Balaban J connectivity index is 0.00000108. The molecule has 3 heterocycles. The maximum absolute atomic E-state index is 6.07. The Morgan fingerprint density at radius 2 is 2.00 bits per heavy atom. The van der Waals surface area contributed by atoms with E-state index < -0.39 is 0 Å². The van der Waals surface area contributed by atoms with E-state index in [1.165, 1.54) is 25.7 Å². The van der Waals surface area contributed by atoms with Crippen LogP contribution in [-0.4, -0.2) is 30.1 Å². The minimum atomic E-state index is 0. The van der Waals surface area contributed by atoms with E-state index in [2.05, 4.69) is 39.3 Å². The summed E-state index contributed by atoms with van der Waals surface area (Å²) in [5.41, 5.74) is 0. The molecule has 2 saturated heterocycles. The normalized spacial score (nSPS) is 32.2. The average molecular weight is 339 g/mol. The van der Waals surface area contributed by atoms with E-state index in [0.29, 0.717) is 6.10 Å². The molecule has 2 bridgehead atoms. The summed E-state index contributed by atoms with van der Waals surface area (Å²) >= 11 is 5.15. The first-order chi connectivity index (χ1) is 7.72. The van der Waals surface area contributed by atoms with Crippen LogP contribution < -0.4 is 4.74 Å². The van der Waals surface area contributed by atoms with E-state index in [1.807, 2.05) is 0 Å². The number of halogens is 2. The van der Waals surface area contributed by atoms with Gasteiger partial charge in [0.2, 0.25) is 0 Å². The van der Waals surface area contributed by atoms with E-state index in [1.54, 1.807) is 11.3 Å². The number of nitrogens with zero attached hydrogens (tertiary/aromatic N) is 1. The summed E-state index contributed by atoms with van der Waals surface area (Å²) < 4.78 is 7.20. The fourth-order valence-corrected chi connectivity index (χ4v) is 4.30. The largest absolute Gasteiger partial charge is 0.481 e. The predicted octanol–water partition coefficient (Wildman–Crippen LogP) is 3.94. The van der Waals surface area contributed by atoms with Gasteiger partial charge in [-0.3, -0.25) is 0 Å². The summed E-state index contributed by atoms with van der Waals surface area (Å²) in [4.78, 5) is 2.55. The molecule has 1 aromatic rings. The first kappa shape index (κ1) is 13.7. The van der Waals surface area contributed by atoms with Crippen LogP contribution in [0.4, 0.5) is 0 Å². The summed E-state index contributed by atoms with van der Waals surface area (Å²) in [6, 6.07) is 3.59. The molecule has 3 rings (SSSR count). The van der Waals surface area contributed by atoms with Crippen molar-refractivity contribution in [3.05, 3.63) is 15.9 Å². The highest BCUT2D eigenvalue weighted by Gasteiger charge is 2.39. The minimum absolute atomic E-state index is 0. The van der Waals surface area contributed by atoms with Crippen molar-refractivity contribution in [3.8, 4) is 5.06 Å². The van der Waals surface area contributed by atoms with Crippen molar-refractivity contribution in [1.82, 2.24) is 4.90 Å². The number of hydrogen-bond acceptors (Lipinski definition) is 3. The van der Waals surface area contributed by atoms with E-state index in [9.17, 15) is 0 Å². The zero-order valence-corrected chi connectivity index (χ0v) is 13.0. The molecule has 2 nitrogen and oxygen atoms in total. The van der Waals surface area contributed by atoms with Gasteiger partial charge in [0.25, 0.3) is 0 Å². The van der Waals surface area contributed by atoms with E-state index in [-0.39, 0.29) is 12.4 Å². The highest BCUT2D eigenvalue weighted by atomic mass is 79.9. The zero-order valence-electron chi connectivity index (χ0n) is 9.77. The number of piperidine rings is 1. The molecule has 0 N–H and O–H groups in total. The number of ether oxygens (including phenoxy) is 1. The Labute approximate surface area is 121 Å². The Morgan fingerprint density at radius 1 is 1.35 bits per heavy atom. The highest BCUT2D eigenvalue weighted by Crippen LogP contribution is 2.37. The van der Waals surface area contributed by atoms with Crippen molar-refractivity contribution < 1.29 is 4.74 Å². The number of hydrogen-bond donors (Lipinski definition) is 0. The molecule has 0 spiro atoms. The second-order valence-electron chi connectivity index (χ2n) is 4.85. The third kappa shape index (κ3) is 2.80. The zero-order chi connectivity index (χ0) is 11.1. The molecule has 0 aliphatic carbocycles. The summed E-state index contributed by atoms with van der Waals surface area (Å²) in [6.45, 7) is 0. The average Bonchev–Trinajstić information content (AvgIpc) is 2.72. The van der Waals surface area contributed by atoms with Crippen LogP contribution in [0, 0.1) is 0 Å². The van der Waals surface area contributed by atoms with E-state index >= 15 is 0 Å². The summed E-state index contributed by atoms with van der Waals surface area (Å²) in [6.07, 6.45) is 5.54. The third-order valence-electron chi connectivity index (χ3n) is 3.88. The van der Waals surface area contributed by atoms with Crippen LogP contribution in [0.2, 0.25) is 0 Å². The molecular weight excluding hydrogens is 322 g/mol. The molecule has 0 aromatic carbocycles. The lowest BCUT2D eigenvalue weighted by atomic mass is 10.0. The monoisotopic (exact) mass is 337 g/mol. The van der Waals surface area contributed by atoms with E-state index in [0.717, 1.165) is 21.6 Å². The van der Waals surface area contributed by atoms with Crippen LogP contribution >= 0.6 is 39.7 Å². The van der Waals surface area contributed by atoms with Gasteiger partial charge < -0.3 is 9.64 Å². The summed E-state index contributed by atoms with van der Waals surface area (Å²) in [7, 11) is 2.26. The fourth-order valence-electron chi connectivity index (χ4n) is 2.98. The maximum atomic E-state index is 6.07. The Morgan fingerprint density at radius 3 is 2.53 bits per heavy atom. The van der Waals surface area contributed by atoms with Crippen molar-refractivity contribution >= 4 is 39.7 Å². The second-order valence-corrected chi connectivity index (χ2v) is 6.64. The van der Waals surface area contributed by atoms with Gasteiger partial charge in [0, 0.05) is 28.0 Å². The van der Waals surface area contributed by atoms with Crippen molar-refractivity contribution in [1.29, 1.82) is 0 Å². The standard InChI is InChI=1S/C12H16BrNOS.ClH/c1-14-9-2-3-10(14)6-11(5-9)15-12-4-8(13)7-16-12;/h4,7,9-11H,2-3,5-6H2,1H3;1H/t9-,10+,11?;. The van der Waals surface area contributed by atoms with Crippen LogP contribution in [0.25, 0.3) is 0 Å². The summed E-state index contributed by atoms with van der Waals surface area (Å²) in [5.74, 6) is 0. The number of rotatable bonds is 2. The van der Waals surface area contributed by atoms with Crippen LogP contribution in [0.5, 0.6) is 5.06 Å². The molecule has 0 amide bonds. The molecule has 96 valence electrons. The van der Waals surface area contributed by atoms with Crippen LogP contribution in [-0.2, 0) is 0 Å². The molecule has 2 aliphatic rings. The van der Waals surface area contributed by atoms with Gasteiger partial charge in [0.15, 0.2) is 5.06 Å². The summed E-state index contributed by atoms with van der Waals surface area (Å²) in [5, 5.41) is 3.14. The third-order valence-corrected chi connectivity index (χ3v) is 5.46. The molecule has 1 aromatic heterocycles. The Bertz CT molecular complexity index is 372. The number of fused-ring (bicyclic) bond motifs is 2. The van der Waals surface area contributed by atoms with Gasteiger partial charge in [-0.1, -0.05) is 0 Å². The van der Waals surface area contributed by atoms with E-state index in [4.69, 9.17) is 4.74 Å². The van der Waals surface area contributed by atoms with Crippen molar-refractivity contribution in [3.63, 3.8) is 0 Å². The smallest absolute Gasteiger partial charge is 0.175 e.